The van der Waals surface area contributed by atoms with Gasteiger partial charge in [-0.15, -0.1) is 0 Å². The average Bonchev–Trinajstić information content (AvgIpc) is 2.74. The Morgan fingerprint density at radius 3 is 2.71 bits per heavy atom. The molecule has 5 heteroatoms. The second-order valence-corrected chi connectivity index (χ2v) is 7.65. The lowest BCUT2D eigenvalue weighted by molar-refractivity contribution is 0.151. The van der Waals surface area contributed by atoms with Crippen LogP contribution in [0.1, 0.15) is 59.8 Å². The lowest BCUT2D eigenvalue weighted by Gasteiger charge is -2.35. The lowest BCUT2D eigenvalue weighted by Crippen LogP contribution is -2.47. The normalized spacial score (nSPS) is 25.3. The van der Waals surface area contributed by atoms with Crippen LogP contribution in [0.3, 0.4) is 0 Å². The van der Waals surface area contributed by atoms with Crippen LogP contribution in [0.2, 0.25) is 0 Å². The van der Waals surface area contributed by atoms with Gasteiger partial charge in [-0.3, -0.25) is 4.90 Å². The zero-order valence-corrected chi connectivity index (χ0v) is 14.4. The standard InChI is InChI=1S/C16H31N5/c1-12(2)21-15(18-11-19-21)10-20-9-14(16(4,5)6)17-8-7-13(20)3/h11-14,17H,7-10H2,1-6H3. The molecule has 0 aromatic carbocycles. The van der Waals surface area contributed by atoms with E-state index in [4.69, 9.17) is 0 Å². The van der Waals surface area contributed by atoms with Gasteiger partial charge in [0.15, 0.2) is 0 Å². The van der Waals surface area contributed by atoms with Gasteiger partial charge in [-0.1, -0.05) is 20.8 Å². The second-order valence-electron chi connectivity index (χ2n) is 7.65. The minimum Gasteiger partial charge on any atom is -0.312 e. The smallest absolute Gasteiger partial charge is 0.141 e. The van der Waals surface area contributed by atoms with Crippen molar-refractivity contribution in [3.05, 3.63) is 12.2 Å². The highest BCUT2D eigenvalue weighted by Gasteiger charge is 2.31. The molecular weight excluding hydrogens is 262 g/mol. The first kappa shape index (κ1) is 16.4. The van der Waals surface area contributed by atoms with E-state index in [0.717, 1.165) is 25.5 Å². The Morgan fingerprint density at radius 2 is 2.10 bits per heavy atom. The summed E-state index contributed by atoms with van der Waals surface area (Å²) in [5.41, 5.74) is 0.272. The van der Waals surface area contributed by atoms with E-state index in [9.17, 15) is 0 Å². The molecule has 120 valence electrons. The van der Waals surface area contributed by atoms with Crippen molar-refractivity contribution in [2.24, 2.45) is 5.41 Å². The van der Waals surface area contributed by atoms with Crippen molar-refractivity contribution in [3.63, 3.8) is 0 Å². The molecule has 0 spiro atoms. The molecule has 1 aliphatic heterocycles. The fraction of sp³-hybridized carbons (Fsp3) is 0.875. The number of aromatic nitrogens is 3. The van der Waals surface area contributed by atoms with E-state index in [1.165, 1.54) is 6.42 Å². The first-order valence-electron chi connectivity index (χ1n) is 8.15. The van der Waals surface area contributed by atoms with Crippen molar-refractivity contribution in [2.45, 2.75) is 72.6 Å². The molecule has 1 aliphatic rings. The van der Waals surface area contributed by atoms with E-state index in [-0.39, 0.29) is 5.41 Å². The minimum atomic E-state index is 0.272. The van der Waals surface area contributed by atoms with Gasteiger partial charge in [0.1, 0.15) is 12.2 Å². The summed E-state index contributed by atoms with van der Waals surface area (Å²) in [4.78, 5) is 7.03. The summed E-state index contributed by atoms with van der Waals surface area (Å²) >= 11 is 0. The van der Waals surface area contributed by atoms with Crippen LogP contribution in [0.15, 0.2) is 6.33 Å². The molecular formula is C16H31N5. The molecule has 2 atom stereocenters. The summed E-state index contributed by atoms with van der Waals surface area (Å²) in [5.74, 6) is 1.08. The minimum absolute atomic E-state index is 0.272. The quantitative estimate of drug-likeness (QED) is 0.930. The average molecular weight is 293 g/mol. The van der Waals surface area contributed by atoms with Gasteiger partial charge in [0.25, 0.3) is 0 Å². The van der Waals surface area contributed by atoms with Crippen molar-refractivity contribution in [2.75, 3.05) is 13.1 Å². The first-order valence-corrected chi connectivity index (χ1v) is 8.15. The maximum absolute atomic E-state index is 4.47. The molecule has 1 N–H and O–H groups in total. The topological polar surface area (TPSA) is 46.0 Å². The van der Waals surface area contributed by atoms with Crippen molar-refractivity contribution in [1.29, 1.82) is 0 Å². The van der Waals surface area contributed by atoms with Gasteiger partial charge in [-0.2, -0.15) is 5.10 Å². The van der Waals surface area contributed by atoms with Gasteiger partial charge in [-0.05, 0) is 39.2 Å². The zero-order valence-electron chi connectivity index (χ0n) is 14.4. The van der Waals surface area contributed by atoms with Gasteiger partial charge >= 0.3 is 0 Å². The van der Waals surface area contributed by atoms with Gasteiger partial charge in [0.05, 0.1) is 6.54 Å². The van der Waals surface area contributed by atoms with Crippen LogP contribution >= 0.6 is 0 Å². The number of hydrogen-bond donors (Lipinski definition) is 1. The molecule has 0 saturated carbocycles. The van der Waals surface area contributed by atoms with E-state index in [1.807, 2.05) is 4.68 Å². The Morgan fingerprint density at radius 1 is 1.38 bits per heavy atom. The van der Waals surface area contributed by atoms with E-state index >= 15 is 0 Å². The summed E-state index contributed by atoms with van der Waals surface area (Å²) in [5, 5.41) is 8.08. The Kier molecular flexibility index (Phi) is 5.04. The monoisotopic (exact) mass is 293 g/mol. The van der Waals surface area contributed by atoms with Gasteiger partial charge in [0, 0.05) is 24.7 Å². The molecule has 1 fully saturated rings. The fourth-order valence-electron chi connectivity index (χ4n) is 2.93. The lowest BCUT2D eigenvalue weighted by atomic mass is 9.86. The highest BCUT2D eigenvalue weighted by Crippen LogP contribution is 2.24. The number of hydrogen-bond acceptors (Lipinski definition) is 4. The molecule has 2 rings (SSSR count). The summed E-state index contributed by atoms with van der Waals surface area (Å²) in [7, 11) is 0. The Labute approximate surface area is 129 Å². The summed E-state index contributed by atoms with van der Waals surface area (Å²) < 4.78 is 2.04. The van der Waals surface area contributed by atoms with Crippen LogP contribution in [0.25, 0.3) is 0 Å². The van der Waals surface area contributed by atoms with Gasteiger partial charge in [-0.25, -0.2) is 9.67 Å². The second kappa shape index (κ2) is 6.44. The third-order valence-corrected chi connectivity index (χ3v) is 4.52. The van der Waals surface area contributed by atoms with Crippen LogP contribution in [0, 0.1) is 5.41 Å². The Balaban J connectivity index is 2.13. The molecule has 2 heterocycles. The molecule has 1 aromatic heterocycles. The number of nitrogens with one attached hydrogen (secondary N) is 1. The third kappa shape index (κ3) is 4.04. The molecule has 0 amide bonds. The molecule has 2 unspecified atom stereocenters. The van der Waals surface area contributed by atoms with E-state index < -0.39 is 0 Å². The predicted molar refractivity (Wildman–Crippen MR) is 86.1 cm³/mol. The molecule has 5 nitrogen and oxygen atoms in total. The van der Waals surface area contributed by atoms with Crippen molar-refractivity contribution < 1.29 is 0 Å². The fourth-order valence-corrected chi connectivity index (χ4v) is 2.93. The van der Waals surface area contributed by atoms with Crippen LogP contribution in [0.5, 0.6) is 0 Å². The SMILES string of the molecule is CC1CCNC(C(C)(C)C)CN1Cc1ncnn1C(C)C. The van der Waals surface area contributed by atoms with Crippen LogP contribution in [0.4, 0.5) is 0 Å². The molecule has 0 bridgehead atoms. The summed E-state index contributed by atoms with van der Waals surface area (Å²) in [6, 6.07) is 1.45. The number of nitrogens with zero attached hydrogens (tertiary/aromatic N) is 4. The van der Waals surface area contributed by atoms with Crippen molar-refractivity contribution in [1.82, 2.24) is 25.0 Å². The number of rotatable bonds is 3. The van der Waals surface area contributed by atoms with Crippen LogP contribution in [-0.2, 0) is 6.54 Å². The Bertz CT molecular complexity index is 446. The first-order chi connectivity index (χ1) is 9.79. The van der Waals surface area contributed by atoms with Crippen molar-refractivity contribution in [3.8, 4) is 0 Å². The molecule has 1 aromatic rings. The van der Waals surface area contributed by atoms with Crippen LogP contribution in [-0.4, -0.2) is 44.8 Å². The van der Waals surface area contributed by atoms with Gasteiger partial charge < -0.3 is 5.32 Å². The highest BCUT2D eigenvalue weighted by molar-refractivity contribution is 4.93. The maximum atomic E-state index is 4.47. The largest absolute Gasteiger partial charge is 0.312 e. The third-order valence-electron chi connectivity index (χ3n) is 4.52. The van der Waals surface area contributed by atoms with Crippen LogP contribution < -0.4 is 5.32 Å². The maximum Gasteiger partial charge on any atom is 0.141 e. The molecule has 0 aliphatic carbocycles. The van der Waals surface area contributed by atoms with E-state index in [2.05, 4.69) is 61.8 Å². The predicted octanol–water partition coefficient (Wildman–Crippen LogP) is 2.46. The molecule has 0 radical (unpaired) electrons. The van der Waals surface area contributed by atoms with E-state index in [0.29, 0.717) is 18.1 Å². The van der Waals surface area contributed by atoms with Gasteiger partial charge in [0.2, 0.25) is 0 Å². The Hall–Kier alpha value is -0.940. The van der Waals surface area contributed by atoms with E-state index in [1.54, 1.807) is 6.33 Å². The summed E-state index contributed by atoms with van der Waals surface area (Å²) in [6.07, 6.45) is 2.86. The molecule has 21 heavy (non-hydrogen) atoms. The summed E-state index contributed by atoms with van der Waals surface area (Å²) in [6.45, 7) is 16.6. The molecule has 1 saturated heterocycles. The zero-order chi connectivity index (χ0) is 15.6. The van der Waals surface area contributed by atoms with Crippen molar-refractivity contribution >= 4 is 0 Å². The highest BCUT2D eigenvalue weighted by atomic mass is 15.4.